The lowest BCUT2D eigenvalue weighted by atomic mass is 9.93. The normalized spacial score (nSPS) is 18.4. The minimum Gasteiger partial charge on any atom is -0.497 e. The Balaban J connectivity index is 1.42. The van der Waals surface area contributed by atoms with Crippen LogP contribution in [0.4, 0.5) is 11.5 Å². The molecule has 0 radical (unpaired) electrons. The van der Waals surface area contributed by atoms with E-state index < -0.39 is 0 Å². The first-order valence-electron chi connectivity index (χ1n) is 10.9. The highest BCUT2D eigenvalue weighted by Gasteiger charge is 2.36. The van der Waals surface area contributed by atoms with Crippen molar-refractivity contribution in [3.05, 3.63) is 42.9 Å². The van der Waals surface area contributed by atoms with Crippen molar-refractivity contribution in [3.63, 3.8) is 0 Å². The number of nitrogen functional groups attached to an aromatic ring is 1. The number of anilines is 2. The molecule has 3 aromatic rings. The van der Waals surface area contributed by atoms with Crippen LogP contribution in [0.1, 0.15) is 24.1 Å². The van der Waals surface area contributed by atoms with Crippen molar-refractivity contribution < 1.29 is 14.3 Å². The Bertz CT molecular complexity index is 1200. The van der Waals surface area contributed by atoms with E-state index in [4.69, 9.17) is 20.3 Å². The van der Waals surface area contributed by atoms with Gasteiger partial charge in [0, 0.05) is 56.0 Å². The molecule has 4 heterocycles. The van der Waals surface area contributed by atoms with Crippen LogP contribution < -0.4 is 20.1 Å². The van der Waals surface area contributed by atoms with E-state index in [1.165, 1.54) is 12.4 Å². The lowest BCUT2D eigenvalue weighted by Gasteiger charge is -2.40. The van der Waals surface area contributed by atoms with E-state index >= 15 is 0 Å². The molecule has 0 saturated carbocycles. The fourth-order valence-electron chi connectivity index (χ4n) is 4.67. The summed E-state index contributed by atoms with van der Waals surface area (Å²) in [6.45, 7) is 6.40. The molecule has 1 aromatic carbocycles. The van der Waals surface area contributed by atoms with Crippen LogP contribution in [-0.4, -0.2) is 71.0 Å². The van der Waals surface area contributed by atoms with Gasteiger partial charge in [0.2, 0.25) is 5.91 Å². The number of carbonyl (C=O) groups excluding carboxylic acids is 1. The highest BCUT2D eigenvalue weighted by atomic mass is 16.5. The highest BCUT2D eigenvalue weighted by Crippen LogP contribution is 2.39. The number of methoxy groups -OCH3 is 2. The maximum atomic E-state index is 12.0. The topological polar surface area (TPSA) is 112 Å². The zero-order valence-electron chi connectivity index (χ0n) is 18.8. The minimum atomic E-state index is -0.0633. The maximum Gasteiger partial charge on any atom is 0.246 e. The summed E-state index contributed by atoms with van der Waals surface area (Å²) in [7, 11) is 3.29. The Morgan fingerprint density at radius 2 is 1.88 bits per heavy atom. The molecule has 2 aliphatic heterocycles. The van der Waals surface area contributed by atoms with Crippen molar-refractivity contribution in [1.29, 1.82) is 0 Å². The van der Waals surface area contributed by atoms with Gasteiger partial charge in [0.15, 0.2) is 5.65 Å². The van der Waals surface area contributed by atoms with Gasteiger partial charge in [-0.1, -0.05) is 6.58 Å². The van der Waals surface area contributed by atoms with Crippen LogP contribution in [0.3, 0.4) is 0 Å². The van der Waals surface area contributed by atoms with Crippen molar-refractivity contribution in [2.24, 2.45) is 0 Å². The monoisotopic (exact) mass is 449 g/mol. The van der Waals surface area contributed by atoms with E-state index in [2.05, 4.69) is 21.4 Å². The van der Waals surface area contributed by atoms with Crippen LogP contribution in [0, 0.1) is 0 Å². The maximum absolute atomic E-state index is 12.0. The molecular weight excluding hydrogens is 422 g/mol. The summed E-state index contributed by atoms with van der Waals surface area (Å²) in [5, 5.41) is 5.77. The van der Waals surface area contributed by atoms with E-state index in [1.54, 1.807) is 19.1 Å². The number of aromatic nitrogens is 4. The van der Waals surface area contributed by atoms with Gasteiger partial charge in [0.25, 0.3) is 0 Å². The van der Waals surface area contributed by atoms with E-state index in [0.29, 0.717) is 18.9 Å². The zero-order valence-corrected chi connectivity index (χ0v) is 18.8. The highest BCUT2D eigenvalue weighted by molar-refractivity contribution is 5.89. The summed E-state index contributed by atoms with van der Waals surface area (Å²) in [5.41, 5.74) is 8.93. The van der Waals surface area contributed by atoms with Crippen molar-refractivity contribution in [2.75, 3.05) is 51.0 Å². The van der Waals surface area contributed by atoms with Crippen LogP contribution in [0.15, 0.2) is 37.2 Å². The molecule has 10 nitrogen and oxygen atoms in total. The number of likely N-dealkylation sites (tertiary alicyclic amines) is 1. The van der Waals surface area contributed by atoms with Crippen LogP contribution in [0.25, 0.3) is 11.0 Å². The molecule has 2 N–H and O–H groups in total. The number of fused-ring (bicyclic) bond motifs is 1. The quantitative estimate of drug-likeness (QED) is 0.569. The summed E-state index contributed by atoms with van der Waals surface area (Å²) in [6.07, 6.45) is 3.63. The lowest BCUT2D eigenvalue weighted by Crippen LogP contribution is -2.45. The molecule has 0 spiro atoms. The number of benzene rings is 1. The number of hydrogen-bond acceptors (Lipinski definition) is 8. The third-order valence-corrected chi connectivity index (χ3v) is 6.51. The van der Waals surface area contributed by atoms with Crippen molar-refractivity contribution in [1.82, 2.24) is 24.6 Å². The number of rotatable bonds is 6. The second-order valence-corrected chi connectivity index (χ2v) is 8.39. The molecule has 0 unspecified atom stereocenters. The molecule has 2 saturated heterocycles. The molecule has 1 atom stereocenters. The second-order valence-electron chi connectivity index (χ2n) is 8.39. The number of ether oxygens (including phenoxy) is 2. The Labute approximate surface area is 191 Å². The van der Waals surface area contributed by atoms with E-state index in [9.17, 15) is 4.79 Å². The number of hydrogen-bond donors (Lipinski definition) is 1. The fourth-order valence-corrected chi connectivity index (χ4v) is 4.67. The number of nitrogens with zero attached hydrogens (tertiary/aromatic N) is 6. The molecule has 0 bridgehead atoms. The molecule has 2 aliphatic rings. The van der Waals surface area contributed by atoms with Crippen LogP contribution >= 0.6 is 0 Å². The summed E-state index contributed by atoms with van der Waals surface area (Å²) in [5.74, 6) is 2.05. The zero-order chi connectivity index (χ0) is 23.1. The third kappa shape index (κ3) is 3.61. The molecular formula is C23H27N7O3. The van der Waals surface area contributed by atoms with Gasteiger partial charge in [-0.05, 0) is 12.5 Å². The number of carbonyl (C=O) groups is 1. The summed E-state index contributed by atoms with van der Waals surface area (Å²) in [6, 6.07) is 5.89. The van der Waals surface area contributed by atoms with Gasteiger partial charge in [0.1, 0.15) is 23.6 Å². The summed E-state index contributed by atoms with van der Waals surface area (Å²) >= 11 is 0. The lowest BCUT2D eigenvalue weighted by molar-refractivity contribution is -0.125. The van der Waals surface area contributed by atoms with Gasteiger partial charge in [-0.3, -0.25) is 4.79 Å². The minimum absolute atomic E-state index is 0.0401. The molecule has 2 aromatic heterocycles. The predicted octanol–water partition coefficient (Wildman–Crippen LogP) is 1.99. The van der Waals surface area contributed by atoms with E-state index in [1.807, 2.05) is 22.9 Å². The smallest absolute Gasteiger partial charge is 0.246 e. The van der Waals surface area contributed by atoms with Gasteiger partial charge in [-0.25, -0.2) is 14.6 Å². The van der Waals surface area contributed by atoms with Crippen molar-refractivity contribution in [2.45, 2.75) is 18.4 Å². The van der Waals surface area contributed by atoms with E-state index in [-0.39, 0.29) is 17.9 Å². The fraction of sp³-hybridized carbons (Fsp3) is 0.391. The Hall–Kier alpha value is -3.82. The molecule has 172 valence electrons. The van der Waals surface area contributed by atoms with Gasteiger partial charge in [-0.15, -0.1) is 0 Å². The first-order valence-corrected chi connectivity index (χ1v) is 10.9. The third-order valence-electron chi connectivity index (χ3n) is 6.51. The van der Waals surface area contributed by atoms with Crippen molar-refractivity contribution in [3.8, 4) is 11.5 Å². The SMILES string of the molecule is C=CC(=O)N1CC[C@H](n2nc(C3CN(c4cc(OC)cc(OC)c4)C3)c3c(N)ncnc32)C1. The molecule has 33 heavy (non-hydrogen) atoms. The Morgan fingerprint density at radius 1 is 1.15 bits per heavy atom. The molecule has 1 amide bonds. The van der Waals surface area contributed by atoms with Gasteiger partial charge in [0.05, 0.1) is 31.3 Å². The number of nitrogens with two attached hydrogens (primary N) is 1. The summed E-state index contributed by atoms with van der Waals surface area (Å²) in [4.78, 5) is 24.8. The van der Waals surface area contributed by atoms with E-state index in [0.717, 1.165) is 53.4 Å². The first kappa shape index (κ1) is 21.0. The Kier molecular flexibility index (Phi) is 5.27. The van der Waals surface area contributed by atoms with Crippen molar-refractivity contribution >= 4 is 28.4 Å². The molecule has 10 heteroatoms. The average Bonchev–Trinajstić information content (AvgIpc) is 3.43. The molecule has 0 aliphatic carbocycles. The average molecular weight is 450 g/mol. The van der Waals surface area contributed by atoms with Gasteiger partial charge < -0.3 is 25.0 Å². The molecule has 2 fully saturated rings. The van der Waals surface area contributed by atoms with Gasteiger partial charge >= 0.3 is 0 Å². The first-order chi connectivity index (χ1) is 16.0. The number of amides is 1. The standard InChI is InChI=1S/C23H27N7O3/c1-4-19(31)28-6-5-15(12-28)30-23-20(22(24)25-13-26-23)21(27-30)14-10-29(11-14)16-7-17(32-2)9-18(8-16)33-3/h4,7-9,13-15H,1,5-6,10-12H2,2-3H3,(H2,24,25,26)/t15-/m0/s1. The predicted molar refractivity (Wildman–Crippen MR) is 125 cm³/mol. The van der Waals surface area contributed by atoms with Crippen LogP contribution in [0.2, 0.25) is 0 Å². The second kappa shape index (κ2) is 8.27. The largest absolute Gasteiger partial charge is 0.497 e. The Morgan fingerprint density at radius 3 is 2.55 bits per heavy atom. The molecule has 5 rings (SSSR count). The van der Waals surface area contributed by atoms with Gasteiger partial charge in [-0.2, -0.15) is 5.10 Å². The van der Waals surface area contributed by atoms with Crippen LogP contribution in [-0.2, 0) is 4.79 Å². The summed E-state index contributed by atoms with van der Waals surface area (Å²) < 4.78 is 12.7. The van der Waals surface area contributed by atoms with Crippen LogP contribution in [0.5, 0.6) is 11.5 Å².